The summed E-state index contributed by atoms with van der Waals surface area (Å²) in [5.74, 6) is 6.59. The maximum absolute atomic E-state index is 12.1. The number of likely N-dealkylation sites (tertiary alicyclic amines) is 1. The predicted molar refractivity (Wildman–Crippen MR) is 62.7 cm³/mol. The van der Waals surface area contributed by atoms with Crippen LogP contribution in [0.4, 0.5) is 4.39 Å². The summed E-state index contributed by atoms with van der Waals surface area (Å²) in [6.07, 6.45) is 1.00. The summed E-state index contributed by atoms with van der Waals surface area (Å²) in [6, 6.07) is -1.56. The molecular formula is C13H18FNO2. The minimum absolute atomic E-state index is 0.322. The molecule has 1 fully saturated rings. The average molecular weight is 239 g/mol. The third kappa shape index (κ3) is 4.99. The molecule has 0 unspecified atom stereocenters. The number of rotatable bonds is 2. The van der Waals surface area contributed by atoms with Crippen LogP contribution >= 0.6 is 0 Å². The van der Waals surface area contributed by atoms with Crippen LogP contribution in [0.15, 0.2) is 0 Å². The number of carbonyl (C=O) groups is 2. The quantitative estimate of drug-likeness (QED) is 0.418. The van der Waals surface area contributed by atoms with Gasteiger partial charge in [0.05, 0.1) is 0 Å². The largest absolute Gasteiger partial charge is 0.342 e. The summed E-state index contributed by atoms with van der Waals surface area (Å²) in [5.41, 5.74) is 0. The molecule has 1 saturated heterocycles. The molecule has 1 aliphatic heterocycles. The van der Waals surface area contributed by atoms with Crippen molar-refractivity contribution in [2.75, 3.05) is 13.1 Å². The third-order valence-corrected chi connectivity index (χ3v) is 2.71. The zero-order valence-electron chi connectivity index (χ0n) is 10.3. The lowest BCUT2D eigenvalue weighted by molar-refractivity contribution is -0.140. The molecule has 94 valence electrons. The summed E-state index contributed by atoms with van der Waals surface area (Å²) in [6.45, 7) is 5.23. The highest BCUT2D eigenvalue weighted by Crippen LogP contribution is 2.17. The summed E-state index contributed by atoms with van der Waals surface area (Å²) in [7, 11) is 0. The van der Waals surface area contributed by atoms with Gasteiger partial charge in [-0.05, 0) is 12.8 Å². The summed E-state index contributed by atoms with van der Waals surface area (Å²) in [4.78, 5) is 23.2. The Bertz CT molecular complexity index is 346. The summed E-state index contributed by atoms with van der Waals surface area (Å²) in [5, 5.41) is 0. The van der Waals surface area contributed by atoms with Gasteiger partial charge in [0, 0.05) is 24.9 Å². The molecule has 0 bridgehead atoms. The second kappa shape index (κ2) is 6.39. The first-order valence-corrected chi connectivity index (χ1v) is 5.96. The topological polar surface area (TPSA) is 37.4 Å². The van der Waals surface area contributed by atoms with E-state index in [1.807, 2.05) is 13.8 Å². The van der Waals surface area contributed by atoms with Crippen molar-refractivity contribution in [1.82, 2.24) is 4.90 Å². The smallest absolute Gasteiger partial charge is 0.310 e. The molecule has 4 heteroatoms. The normalized spacial score (nSPS) is 16.6. The molecule has 3 nitrogen and oxygen atoms in total. The van der Waals surface area contributed by atoms with Crippen LogP contribution in [-0.4, -0.2) is 29.9 Å². The van der Waals surface area contributed by atoms with E-state index < -0.39 is 18.4 Å². The van der Waals surface area contributed by atoms with Gasteiger partial charge in [-0.2, -0.15) is 4.39 Å². The zero-order valence-corrected chi connectivity index (χ0v) is 10.3. The van der Waals surface area contributed by atoms with E-state index in [1.165, 1.54) is 0 Å². The number of carbonyl (C=O) groups excluding carboxylic acids is 2. The van der Waals surface area contributed by atoms with Crippen molar-refractivity contribution in [2.24, 2.45) is 11.8 Å². The Morgan fingerprint density at radius 3 is 2.41 bits per heavy atom. The Kier molecular flexibility index (Phi) is 5.14. The first-order chi connectivity index (χ1) is 7.99. The van der Waals surface area contributed by atoms with Crippen molar-refractivity contribution in [3.05, 3.63) is 0 Å². The Balaban J connectivity index is 2.38. The van der Waals surface area contributed by atoms with E-state index in [2.05, 4.69) is 11.8 Å². The van der Waals surface area contributed by atoms with Crippen LogP contribution in [-0.2, 0) is 9.59 Å². The van der Waals surface area contributed by atoms with Gasteiger partial charge >= 0.3 is 6.04 Å². The highest BCUT2D eigenvalue weighted by molar-refractivity contribution is 5.93. The number of amides is 1. The van der Waals surface area contributed by atoms with Gasteiger partial charge in [-0.25, -0.2) is 0 Å². The lowest BCUT2D eigenvalue weighted by Gasteiger charge is -2.29. The van der Waals surface area contributed by atoms with Gasteiger partial charge < -0.3 is 4.90 Å². The molecule has 1 aliphatic rings. The first-order valence-electron chi connectivity index (χ1n) is 5.96. The number of hydrogen-bond donors (Lipinski definition) is 0. The second-order valence-electron chi connectivity index (χ2n) is 4.63. The van der Waals surface area contributed by atoms with Crippen molar-refractivity contribution in [3.8, 4) is 11.8 Å². The van der Waals surface area contributed by atoms with Crippen LogP contribution in [0.1, 0.15) is 33.1 Å². The minimum atomic E-state index is -1.56. The maximum Gasteiger partial charge on any atom is 0.310 e. The van der Waals surface area contributed by atoms with E-state index in [4.69, 9.17) is 0 Å². The molecule has 0 aliphatic carbocycles. The third-order valence-electron chi connectivity index (χ3n) is 2.71. The fourth-order valence-electron chi connectivity index (χ4n) is 1.79. The molecule has 0 aromatic rings. The Hall–Kier alpha value is -1.37. The van der Waals surface area contributed by atoms with Gasteiger partial charge in [-0.1, -0.05) is 19.8 Å². The van der Waals surface area contributed by atoms with Crippen molar-refractivity contribution >= 4 is 11.9 Å². The van der Waals surface area contributed by atoms with Crippen LogP contribution in [0, 0.1) is 23.7 Å². The monoisotopic (exact) mass is 239 g/mol. The molecule has 0 aromatic carbocycles. The molecular weight excluding hydrogens is 221 g/mol. The molecule has 0 spiro atoms. The molecule has 0 N–H and O–H groups in total. The fourth-order valence-corrected chi connectivity index (χ4v) is 1.79. The molecule has 0 saturated carbocycles. The van der Waals surface area contributed by atoms with Crippen LogP contribution < -0.4 is 0 Å². The van der Waals surface area contributed by atoms with E-state index in [0.717, 1.165) is 12.8 Å². The van der Waals surface area contributed by atoms with E-state index in [9.17, 15) is 14.0 Å². The summed E-state index contributed by atoms with van der Waals surface area (Å²) < 4.78 is 12.1. The van der Waals surface area contributed by atoms with Gasteiger partial charge in [0.2, 0.25) is 5.91 Å². The fraction of sp³-hybridized carbons (Fsp3) is 0.692. The van der Waals surface area contributed by atoms with Crippen molar-refractivity contribution < 1.29 is 14.0 Å². The second-order valence-corrected chi connectivity index (χ2v) is 4.63. The van der Waals surface area contributed by atoms with Gasteiger partial charge in [-0.15, -0.1) is 5.92 Å². The minimum Gasteiger partial charge on any atom is -0.342 e. The average Bonchev–Trinajstić information content (AvgIpc) is 2.26. The van der Waals surface area contributed by atoms with Crippen LogP contribution in [0.25, 0.3) is 0 Å². The molecule has 0 atom stereocenters. The Morgan fingerprint density at radius 1 is 1.35 bits per heavy atom. The van der Waals surface area contributed by atoms with Gasteiger partial charge in [0.25, 0.3) is 0 Å². The Labute approximate surface area is 101 Å². The predicted octanol–water partition coefficient (Wildman–Crippen LogP) is 1.77. The van der Waals surface area contributed by atoms with Crippen LogP contribution in [0.5, 0.6) is 0 Å². The van der Waals surface area contributed by atoms with Gasteiger partial charge in [-0.3, -0.25) is 9.59 Å². The highest BCUT2D eigenvalue weighted by Gasteiger charge is 2.23. The van der Waals surface area contributed by atoms with Gasteiger partial charge in [0.1, 0.15) is 6.42 Å². The van der Waals surface area contributed by atoms with Crippen molar-refractivity contribution in [2.45, 2.75) is 33.1 Å². The van der Waals surface area contributed by atoms with Crippen LogP contribution in [0.2, 0.25) is 0 Å². The number of piperidine rings is 1. The standard InChI is InChI=1S/C13H18FNO2/c1-10(2)3-4-11-5-7-15(8-6-11)13(17)9-12(14)16/h10-11H,5-9H2,1-2H3. The molecule has 1 rings (SSSR count). The molecule has 0 aromatic heterocycles. The van der Waals surface area contributed by atoms with E-state index >= 15 is 0 Å². The number of hydrogen-bond acceptors (Lipinski definition) is 2. The molecule has 17 heavy (non-hydrogen) atoms. The van der Waals surface area contributed by atoms with E-state index in [1.54, 1.807) is 4.90 Å². The van der Waals surface area contributed by atoms with Crippen molar-refractivity contribution in [3.63, 3.8) is 0 Å². The zero-order chi connectivity index (χ0) is 12.8. The van der Waals surface area contributed by atoms with Crippen LogP contribution in [0.3, 0.4) is 0 Å². The maximum atomic E-state index is 12.1. The first kappa shape index (κ1) is 13.7. The summed E-state index contributed by atoms with van der Waals surface area (Å²) >= 11 is 0. The molecule has 1 amide bonds. The lowest BCUT2D eigenvalue weighted by atomic mass is 9.96. The highest BCUT2D eigenvalue weighted by atomic mass is 19.1. The lowest BCUT2D eigenvalue weighted by Crippen LogP contribution is -2.38. The van der Waals surface area contributed by atoms with E-state index in [0.29, 0.717) is 24.9 Å². The van der Waals surface area contributed by atoms with E-state index in [-0.39, 0.29) is 0 Å². The molecule has 1 heterocycles. The number of halogens is 1. The Morgan fingerprint density at radius 2 is 1.94 bits per heavy atom. The van der Waals surface area contributed by atoms with Gasteiger partial charge in [0.15, 0.2) is 0 Å². The molecule has 0 radical (unpaired) electrons. The van der Waals surface area contributed by atoms with Crippen molar-refractivity contribution in [1.29, 1.82) is 0 Å². The SMILES string of the molecule is CC(C)C#CC1CCN(C(=O)CC(=O)F)CC1. The number of nitrogens with zero attached hydrogens (tertiary/aromatic N) is 1.